The van der Waals surface area contributed by atoms with Gasteiger partial charge in [-0.25, -0.2) is 0 Å². The Morgan fingerprint density at radius 3 is 1.30 bits per heavy atom. The lowest BCUT2D eigenvalue weighted by atomic mass is 10.3. The van der Waals surface area contributed by atoms with Gasteiger partial charge in [0.15, 0.2) is 0 Å². The molecule has 64 valence electrons. The summed E-state index contributed by atoms with van der Waals surface area (Å²) in [6, 6.07) is 0. The maximum absolute atomic E-state index is 2.26. The molecule has 0 nitrogen and oxygen atoms in total. The van der Waals surface area contributed by atoms with Gasteiger partial charge in [0, 0.05) is 0 Å². The Bertz CT molecular complexity index is 35.3. The van der Waals surface area contributed by atoms with Crippen molar-refractivity contribution in [3.63, 3.8) is 0 Å². The predicted octanol–water partition coefficient (Wildman–Crippen LogP) is 4.25. The van der Waals surface area contributed by atoms with Gasteiger partial charge in [-0.15, -0.1) is 0 Å². The van der Waals surface area contributed by atoms with Crippen LogP contribution in [0.15, 0.2) is 0 Å². The summed E-state index contributed by atoms with van der Waals surface area (Å²) in [6.07, 6.45) is 5.69. The van der Waals surface area contributed by atoms with E-state index >= 15 is 0 Å². The van der Waals surface area contributed by atoms with Crippen LogP contribution in [0.4, 0.5) is 0 Å². The molecule has 0 heterocycles. The highest BCUT2D eigenvalue weighted by Gasteiger charge is 2.17. The first-order valence-corrected chi connectivity index (χ1v) is 4.85. The van der Waals surface area contributed by atoms with E-state index in [9.17, 15) is 0 Å². The van der Waals surface area contributed by atoms with Crippen molar-refractivity contribution in [3.8, 4) is 0 Å². The van der Waals surface area contributed by atoms with E-state index in [1.807, 2.05) is 13.8 Å². The van der Waals surface area contributed by atoms with Crippen LogP contribution in [0, 0.1) is 5.92 Å². The summed E-state index contributed by atoms with van der Waals surface area (Å²) in [6.45, 7) is 10.5. The molecule has 1 aliphatic carbocycles. The molecule has 0 aromatic rings. The minimum Gasteiger partial charge on any atom is -0.0683 e. The molecular formula is C10H24. The standard InChI is InChI=1S/C5H10.C3H8.C2H6/c1-2-5-3-4-5;1-3-2;1-2/h5H,2-4H2,1H3;3H2,1-2H3;1-2H3. The van der Waals surface area contributed by atoms with Gasteiger partial charge in [0.2, 0.25) is 0 Å². The van der Waals surface area contributed by atoms with Crippen LogP contribution >= 0.6 is 0 Å². The van der Waals surface area contributed by atoms with Crippen LogP contribution < -0.4 is 0 Å². The summed E-state index contributed by atoms with van der Waals surface area (Å²) < 4.78 is 0. The summed E-state index contributed by atoms with van der Waals surface area (Å²) in [5.41, 5.74) is 0. The summed E-state index contributed by atoms with van der Waals surface area (Å²) in [7, 11) is 0. The minimum atomic E-state index is 1.13. The van der Waals surface area contributed by atoms with Crippen LogP contribution in [-0.2, 0) is 0 Å². The second-order valence-corrected chi connectivity index (χ2v) is 2.56. The lowest BCUT2D eigenvalue weighted by molar-refractivity contribution is 0.799. The van der Waals surface area contributed by atoms with Gasteiger partial charge < -0.3 is 0 Å². The molecule has 0 unspecified atom stereocenters. The first-order valence-electron chi connectivity index (χ1n) is 4.85. The van der Waals surface area contributed by atoms with Crippen molar-refractivity contribution in [2.75, 3.05) is 0 Å². The molecule has 0 aromatic carbocycles. The first kappa shape index (κ1) is 12.7. The van der Waals surface area contributed by atoms with E-state index < -0.39 is 0 Å². The molecule has 0 aliphatic heterocycles. The molecule has 0 bridgehead atoms. The van der Waals surface area contributed by atoms with Crippen LogP contribution in [-0.4, -0.2) is 0 Å². The van der Waals surface area contributed by atoms with Gasteiger partial charge in [0.1, 0.15) is 0 Å². The van der Waals surface area contributed by atoms with Crippen molar-refractivity contribution < 1.29 is 0 Å². The van der Waals surface area contributed by atoms with Crippen molar-refractivity contribution in [3.05, 3.63) is 0 Å². The molecule has 0 N–H and O–H groups in total. The molecule has 1 saturated carbocycles. The highest BCUT2D eigenvalue weighted by atomic mass is 14.2. The van der Waals surface area contributed by atoms with E-state index in [-0.39, 0.29) is 0 Å². The Morgan fingerprint density at radius 1 is 1.00 bits per heavy atom. The average molecular weight is 144 g/mol. The van der Waals surface area contributed by atoms with Gasteiger partial charge in [-0.1, -0.05) is 60.3 Å². The van der Waals surface area contributed by atoms with Crippen molar-refractivity contribution in [1.82, 2.24) is 0 Å². The van der Waals surface area contributed by atoms with Gasteiger partial charge in [-0.3, -0.25) is 0 Å². The SMILES string of the molecule is CC.CCC.CCC1CC1. The smallest absolute Gasteiger partial charge is 0.0417 e. The topological polar surface area (TPSA) is 0 Å². The van der Waals surface area contributed by atoms with Crippen LogP contribution in [0.3, 0.4) is 0 Å². The van der Waals surface area contributed by atoms with E-state index in [2.05, 4.69) is 20.8 Å². The van der Waals surface area contributed by atoms with Gasteiger partial charge in [0.25, 0.3) is 0 Å². The van der Waals surface area contributed by atoms with E-state index in [1.54, 1.807) is 0 Å². The van der Waals surface area contributed by atoms with Gasteiger partial charge in [-0.05, 0) is 5.92 Å². The third-order valence-corrected chi connectivity index (χ3v) is 1.27. The number of hydrogen-bond acceptors (Lipinski definition) is 0. The fourth-order valence-electron chi connectivity index (χ4n) is 0.526. The molecule has 0 amide bonds. The summed E-state index contributed by atoms with van der Waals surface area (Å²) >= 11 is 0. The van der Waals surface area contributed by atoms with Crippen molar-refractivity contribution in [2.24, 2.45) is 5.92 Å². The Kier molecular flexibility index (Phi) is 14.9. The molecule has 0 atom stereocenters. The van der Waals surface area contributed by atoms with Gasteiger partial charge in [0.05, 0.1) is 0 Å². The second-order valence-electron chi connectivity index (χ2n) is 2.56. The molecule has 1 aliphatic rings. The zero-order valence-electron chi connectivity index (χ0n) is 8.41. The molecular weight excluding hydrogens is 120 g/mol. The van der Waals surface area contributed by atoms with Crippen molar-refractivity contribution >= 4 is 0 Å². The maximum Gasteiger partial charge on any atom is -0.0417 e. The molecule has 0 aromatic heterocycles. The highest BCUT2D eigenvalue weighted by Crippen LogP contribution is 2.31. The fourth-order valence-corrected chi connectivity index (χ4v) is 0.526. The second kappa shape index (κ2) is 11.8. The quantitative estimate of drug-likeness (QED) is 0.516. The zero-order chi connectivity index (χ0) is 8.41. The van der Waals surface area contributed by atoms with Crippen molar-refractivity contribution in [1.29, 1.82) is 0 Å². The normalized spacial score (nSPS) is 14.1. The number of hydrogen-bond donors (Lipinski definition) is 0. The van der Waals surface area contributed by atoms with Crippen LogP contribution in [0.25, 0.3) is 0 Å². The molecule has 0 saturated heterocycles. The fraction of sp³-hybridized carbons (Fsp3) is 1.00. The minimum absolute atomic E-state index is 1.13. The summed E-state index contributed by atoms with van der Waals surface area (Å²) in [4.78, 5) is 0. The Hall–Kier alpha value is 0. The van der Waals surface area contributed by atoms with Crippen LogP contribution in [0.2, 0.25) is 0 Å². The monoisotopic (exact) mass is 144 g/mol. The van der Waals surface area contributed by atoms with E-state index in [4.69, 9.17) is 0 Å². The highest BCUT2D eigenvalue weighted by molar-refractivity contribution is 4.69. The molecule has 10 heavy (non-hydrogen) atoms. The zero-order valence-corrected chi connectivity index (χ0v) is 8.41. The van der Waals surface area contributed by atoms with Crippen molar-refractivity contribution in [2.45, 2.75) is 60.3 Å². The van der Waals surface area contributed by atoms with E-state index in [0.29, 0.717) is 0 Å². The van der Waals surface area contributed by atoms with Gasteiger partial charge in [-0.2, -0.15) is 0 Å². The summed E-state index contributed by atoms with van der Waals surface area (Å²) in [5, 5.41) is 0. The Morgan fingerprint density at radius 2 is 1.30 bits per heavy atom. The molecule has 0 radical (unpaired) electrons. The summed E-state index contributed by atoms with van der Waals surface area (Å²) in [5.74, 6) is 1.13. The Balaban J connectivity index is 0. The first-order chi connectivity index (χ1) is 4.85. The average Bonchev–Trinajstić information content (AvgIpc) is 2.75. The van der Waals surface area contributed by atoms with Crippen LogP contribution in [0.5, 0.6) is 0 Å². The largest absolute Gasteiger partial charge is 0.0683 e. The van der Waals surface area contributed by atoms with E-state index in [1.165, 1.54) is 25.7 Å². The van der Waals surface area contributed by atoms with Crippen LogP contribution in [0.1, 0.15) is 60.3 Å². The third-order valence-electron chi connectivity index (χ3n) is 1.27. The molecule has 1 fully saturated rings. The molecule has 0 heteroatoms. The lowest BCUT2D eigenvalue weighted by Crippen LogP contribution is -1.59. The third kappa shape index (κ3) is 15.7. The Labute approximate surface area is 67.0 Å². The predicted molar refractivity (Wildman–Crippen MR) is 50.3 cm³/mol. The maximum atomic E-state index is 2.26. The molecule has 1 rings (SSSR count). The van der Waals surface area contributed by atoms with E-state index in [0.717, 1.165) is 5.92 Å². The molecule has 0 spiro atoms. The lowest BCUT2D eigenvalue weighted by Gasteiger charge is -1.72. The van der Waals surface area contributed by atoms with Gasteiger partial charge >= 0.3 is 0 Å². The number of rotatable bonds is 1.